The van der Waals surface area contributed by atoms with E-state index < -0.39 is 0 Å². The first-order chi connectivity index (χ1) is 12.9. The summed E-state index contributed by atoms with van der Waals surface area (Å²) in [5.41, 5.74) is 2.22. The number of carbonyl (C=O) groups excluding carboxylic acids is 1. The maximum atomic E-state index is 12.0. The van der Waals surface area contributed by atoms with Crippen molar-refractivity contribution in [3.8, 4) is 0 Å². The van der Waals surface area contributed by atoms with E-state index in [0.29, 0.717) is 22.5 Å². The average molecular weight is 373 g/mol. The Morgan fingerprint density at radius 1 is 1.00 bits per heavy atom. The van der Waals surface area contributed by atoms with E-state index in [4.69, 9.17) is 9.47 Å². The molecular formula is C24H36O3. The van der Waals surface area contributed by atoms with Gasteiger partial charge in [0.05, 0.1) is 13.2 Å². The molecule has 0 radical (unpaired) electrons. The van der Waals surface area contributed by atoms with Crippen LogP contribution in [0.2, 0.25) is 0 Å². The van der Waals surface area contributed by atoms with Gasteiger partial charge in [0.2, 0.25) is 0 Å². The minimum Gasteiger partial charge on any atom is -0.350 e. The number of hydrogen-bond acceptors (Lipinski definition) is 3. The molecule has 5 aliphatic rings. The molecule has 0 spiro atoms. The molecule has 0 aromatic rings. The third-order valence-electron chi connectivity index (χ3n) is 9.75. The van der Waals surface area contributed by atoms with Crippen molar-refractivity contribution in [3.63, 3.8) is 0 Å². The van der Waals surface area contributed by atoms with Crippen molar-refractivity contribution in [2.75, 3.05) is 13.2 Å². The first-order valence-corrected chi connectivity index (χ1v) is 11.4. The molecule has 4 aliphatic carbocycles. The highest BCUT2D eigenvalue weighted by atomic mass is 16.7. The fraction of sp³-hybridized carbons (Fsp3) is 0.875. The van der Waals surface area contributed by atoms with Gasteiger partial charge in [-0.1, -0.05) is 26.3 Å². The summed E-state index contributed by atoms with van der Waals surface area (Å²) in [5, 5.41) is 0. The maximum Gasteiger partial charge on any atom is 0.160 e. The molecule has 0 aromatic carbocycles. The van der Waals surface area contributed by atoms with Crippen molar-refractivity contribution in [1.29, 1.82) is 0 Å². The summed E-state index contributed by atoms with van der Waals surface area (Å²) in [5.74, 6) is 4.08. The van der Waals surface area contributed by atoms with Gasteiger partial charge < -0.3 is 9.47 Å². The predicted molar refractivity (Wildman–Crippen MR) is 105 cm³/mol. The number of fused-ring (bicyclic) bond motifs is 5. The number of carbonyl (C=O) groups is 1. The molecule has 4 fully saturated rings. The van der Waals surface area contributed by atoms with Crippen molar-refractivity contribution in [2.45, 2.75) is 78.4 Å². The second-order valence-electron chi connectivity index (χ2n) is 10.7. The van der Waals surface area contributed by atoms with Gasteiger partial charge in [-0.2, -0.15) is 0 Å². The van der Waals surface area contributed by atoms with Crippen LogP contribution in [0.25, 0.3) is 0 Å². The fourth-order valence-electron chi connectivity index (χ4n) is 8.33. The van der Waals surface area contributed by atoms with Crippen molar-refractivity contribution >= 4 is 5.78 Å². The molecule has 0 amide bonds. The Hall–Kier alpha value is -0.670. The zero-order valence-electron chi connectivity index (χ0n) is 17.3. The van der Waals surface area contributed by atoms with E-state index in [9.17, 15) is 4.79 Å². The number of hydrogen-bond donors (Lipinski definition) is 0. The highest BCUT2D eigenvalue weighted by molar-refractivity contribution is 5.91. The summed E-state index contributed by atoms with van der Waals surface area (Å²) >= 11 is 0. The molecule has 7 atom stereocenters. The molecule has 3 nitrogen and oxygen atoms in total. The van der Waals surface area contributed by atoms with Crippen molar-refractivity contribution < 1.29 is 14.3 Å². The van der Waals surface area contributed by atoms with Crippen LogP contribution in [-0.2, 0) is 14.3 Å². The third-order valence-corrected chi connectivity index (χ3v) is 9.75. The first kappa shape index (κ1) is 18.4. The Labute approximate surface area is 164 Å². The molecule has 5 rings (SSSR count). The first-order valence-electron chi connectivity index (χ1n) is 11.4. The SMILES string of the molecule is CC(C1OCCO1)C1CCC2C3CCC4=CC(=O)CCC4(C)C3CCC12C. The Bertz CT molecular complexity index is 648. The van der Waals surface area contributed by atoms with Gasteiger partial charge in [0.25, 0.3) is 0 Å². The molecule has 0 N–H and O–H groups in total. The fourth-order valence-corrected chi connectivity index (χ4v) is 8.33. The summed E-state index contributed by atoms with van der Waals surface area (Å²) in [6.45, 7) is 8.97. The van der Waals surface area contributed by atoms with Crippen LogP contribution in [0.15, 0.2) is 11.6 Å². The number of ether oxygens (including phenoxy) is 2. The quantitative estimate of drug-likeness (QED) is 0.673. The summed E-state index contributed by atoms with van der Waals surface area (Å²) in [6.07, 6.45) is 11.8. The molecular weight excluding hydrogens is 336 g/mol. The summed E-state index contributed by atoms with van der Waals surface area (Å²) in [6, 6.07) is 0. The van der Waals surface area contributed by atoms with Gasteiger partial charge in [-0.25, -0.2) is 0 Å². The number of rotatable bonds is 2. The summed E-state index contributed by atoms with van der Waals surface area (Å²) in [7, 11) is 0. The normalized spacial score (nSPS) is 48.6. The van der Waals surface area contributed by atoms with E-state index in [1.54, 1.807) is 0 Å². The van der Waals surface area contributed by atoms with Crippen LogP contribution in [0, 0.1) is 40.4 Å². The highest BCUT2D eigenvalue weighted by Crippen LogP contribution is 2.67. The molecule has 1 heterocycles. The Morgan fingerprint density at radius 3 is 2.56 bits per heavy atom. The van der Waals surface area contributed by atoms with E-state index in [-0.39, 0.29) is 6.29 Å². The zero-order valence-corrected chi connectivity index (χ0v) is 17.3. The summed E-state index contributed by atoms with van der Waals surface area (Å²) in [4.78, 5) is 12.0. The van der Waals surface area contributed by atoms with Crippen molar-refractivity contribution in [1.82, 2.24) is 0 Å². The lowest BCUT2D eigenvalue weighted by Crippen LogP contribution is -2.51. The van der Waals surface area contributed by atoms with Gasteiger partial charge >= 0.3 is 0 Å². The molecule has 3 saturated carbocycles. The van der Waals surface area contributed by atoms with Crippen molar-refractivity contribution in [3.05, 3.63) is 11.6 Å². The number of ketones is 1. The topological polar surface area (TPSA) is 35.5 Å². The van der Waals surface area contributed by atoms with Gasteiger partial charge in [-0.15, -0.1) is 0 Å². The minimum absolute atomic E-state index is 0.0195. The summed E-state index contributed by atoms with van der Waals surface area (Å²) < 4.78 is 11.8. The van der Waals surface area contributed by atoms with Gasteiger partial charge in [0.15, 0.2) is 12.1 Å². The average Bonchev–Trinajstić information content (AvgIpc) is 3.29. The van der Waals surface area contributed by atoms with Gasteiger partial charge in [-0.05, 0) is 85.5 Å². The predicted octanol–water partition coefficient (Wildman–Crippen LogP) is 5.14. The largest absolute Gasteiger partial charge is 0.350 e. The molecule has 150 valence electrons. The van der Waals surface area contributed by atoms with Crippen LogP contribution < -0.4 is 0 Å². The molecule has 3 heteroatoms. The molecule has 27 heavy (non-hydrogen) atoms. The van der Waals surface area contributed by atoms with E-state index in [1.165, 1.54) is 37.7 Å². The minimum atomic E-state index is 0.0195. The molecule has 1 aliphatic heterocycles. The monoisotopic (exact) mass is 372 g/mol. The van der Waals surface area contributed by atoms with Crippen LogP contribution in [0.1, 0.15) is 72.1 Å². The van der Waals surface area contributed by atoms with Crippen molar-refractivity contribution in [2.24, 2.45) is 40.4 Å². The lowest BCUT2D eigenvalue weighted by molar-refractivity contribution is -0.126. The molecule has 0 aromatic heterocycles. The Kier molecular flexibility index (Phi) is 4.37. The molecule has 7 unspecified atom stereocenters. The van der Waals surface area contributed by atoms with E-state index in [2.05, 4.69) is 20.8 Å². The van der Waals surface area contributed by atoms with Crippen LogP contribution in [0.4, 0.5) is 0 Å². The van der Waals surface area contributed by atoms with Gasteiger partial charge in [-0.3, -0.25) is 4.79 Å². The second kappa shape index (κ2) is 6.42. The van der Waals surface area contributed by atoms with E-state index in [1.807, 2.05) is 6.08 Å². The van der Waals surface area contributed by atoms with Crippen LogP contribution >= 0.6 is 0 Å². The van der Waals surface area contributed by atoms with Gasteiger partial charge in [0, 0.05) is 12.3 Å². The highest BCUT2D eigenvalue weighted by Gasteiger charge is 2.60. The Morgan fingerprint density at radius 2 is 1.78 bits per heavy atom. The molecule has 1 saturated heterocycles. The van der Waals surface area contributed by atoms with Crippen LogP contribution in [0.3, 0.4) is 0 Å². The van der Waals surface area contributed by atoms with Crippen LogP contribution in [-0.4, -0.2) is 25.3 Å². The molecule has 0 bridgehead atoms. The van der Waals surface area contributed by atoms with Crippen LogP contribution in [0.5, 0.6) is 0 Å². The number of allylic oxidation sites excluding steroid dienone is 1. The zero-order chi connectivity index (χ0) is 18.8. The maximum absolute atomic E-state index is 12.0. The van der Waals surface area contributed by atoms with E-state index in [0.717, 1.165) is 56.1 Å². The van der Waals surface area contributed by atoms with Gasteiger partial charge in [0.1, 0.15) is 0 Å². The Balaban J connectivity index is 1.40. The smallest absolute Gasteiger partial charge is 0.160 e. The third kappa shape index (κ3) is 2.64. The standard InChI is InChI=1S/C24H36O3/c1-15(22-26-12-13-27-22)19-6-7-20-18-5-4-16-14-17(25)8-10-23(16,2)21(18)9-11-24(19,20)3/h14-15,18-22H,4-13H2,1-3H3. The lowest BCUT2D eigenvalue weighted by atomic mass is 9.46. The van der Waals surface area contributed by atoms with E-state index >= 15 is 0 Å². The second-order valence-corrected chi connectivity index (χ2v) is 10.7. The lowest BCUT2D eigenvalue weighted by Gasteiger charge is -2.58.